The topological polar surface area (TPSA) is 78.8 Å². The first-order valence-corrected chi connectivity index (χ1v) is 8.27. The number of hydrogen-bond acceptors (Lipinski definition) is 6. The molecule has 2 aromatic rings. The Hall–Kier alpha value is -2.00. The van der Waals surface area contributed by atoms with E-state index in [-0.39, 0.29) is 18.8 Å². The summed E-state index contributed by atoms with van der Waals surface area (Å²) in [5.74, 6) is -1.72. The summed E-state index contributed by atoms with van der Waals surface area (Å²) in [6.07, 6.45) is 0.330. The van der Waals surface area contributed by atoms with Crippen molar-refractivity contribution in [2.45, 2.75) is 19.4 Å². The Kier molecular flexibility index (Phi) is 11.4. The van der Waals surface area contributed by atoms with Crippen molar-refractivity contribution in [1.29, 1.82) is 0 Å². The number of alkyl halides is 2. The second-order valence-corrected chi connectivity index (χ2v) is 5.13. The Labute approximate surface area is 156 Å². The van der Waals surface area contributed by atoms with E-state index in [9.17, 15) is 13.6 Å². The number of aliphatic hydroxyl groups is 1. The molecular weight excluding hydrogens is 364 g/mol. The molecule has 0 fully saturated rings. The van der Waals surface area contributed by atoms with Crippen molar-refractivity contribution in [3.05, 3.63) is 60.7 Å². The highest BCUT2D eigenvalue weighted by Gasteiger charge is 2.40. The molecule has 0 atom stereocenters. The fourth-order valence-electron chi connectivity index (χ4n) is 2.27. The van der Waals surface area contributed by atoms with Gasteiger partial charge in [-0.25, -0.2) is 4.79 Å². The third kappa shape index (κ3) is 6.72. The predicted octanol–water partition coefficient (Wildman–Crippen LogP) is 3.95. The van der Waals surface area contributed by atoms with Crippen LogP contribution in [0.3, 0.4) is 0 Å². The molecule has 26 heavy (non-hydrogen) atoms. The summed E-state index contributed by atoms with van der Waals surface area (Å²) in [5.41, 5.74) is 2.00. The molecule has 0 radical (unpaired) electrons. The lowest BCUT2D eigenvalue weighted by Gasteiger charge is -2.14. The van der Waals surface area contributed by atoms with Crippen molar-refractivity contribution in [1.82, 2.24) is 4.72 Å². The minimum Gasteiger partial charge on any atom is -0.460 e. The van der Waals surface area contributed by atoms with E-state index in [0.717, 1.165) is 29.0 Å². The normalized spacial score (nSPS) is 10.2. The van der Waals surface area contributed by atoms with Gasteiger partial charge in [0.15, 0.2) is 0 Å². The van der Waals surface area contributed by atoms with Crippen LogP contribution in [0, 0.1) is 6.92 Å². The van der Waals surface area contributed by atoms with E-state index in [4.69, 9.17) is 9.66 Å². The van der Waals surface area contributed by atoms with Gasteiger partial charge < -0.3 is 14.4 Å². The number of benzene rings is 2. The molecule has 3 N–H and O–H groups in total. The monoisotopic (exact) mass is 387 g/mol. The number of ether oxygens (including phenoxy) is 1. The Morgan fingerprint density at radius 1 is 1.23 bits per heavy atom. The number of aliphatic hydroxyl groups excluding tert-OH is 1. The molecule has 0 aliphatic heterocycles. The third-order valence-electron chi connectivity index (χ3n) is 3.23. The first-order valence-electron chi connectivity index (χ1n) is 7.50. The van der Waals surface area contributed by atoms with E-state index in [1.807, 2.05) is 43.3 Å². The number of nitrogens with one attached hydrogen (secondary N) is 1. The average molecular weight is 387 g/mol. The zero-order valence-electron chi connectivity index (χ0n) is 14.7. The second-order valence-electron chi connectivity index (χ2n) is 4.74. The summed E-state index contributed by atoms with van der Waals surface area (Å²) in [5, 5.41) is 9.09. The lowest BCUT2D eigenvalue weighted by atomic mass is 9.98. The predicted molar refractivity (Wildman–Crippen MR) is 101 cm³/mol. The summed E-state index contributed by atoms with van der Waals surface area (Å²) in [4.78, 5) is 11.2. The lowest BCUT2D eigenvalue weighted by molar-refractivity contribution is -0.173. The van der Waals surface area contributed by atoms with Gasteiger partial charge in [-0.3, -0.25) is 0 Å². The molecule has 0 heterocycles. The molecule has 8 heteroatoms. The summed E-state index contributed by atoms with van der Waals surface area (Å²) in [7, 11) is 1.00. The highest BCUT2D eigenvalue weighted by atomic mass is 32.2. The largest absolute Gasteiger partial charge is 0.460 e. The highest BCUT2D eigenvalue weighted by molar-refractivity contribution is 7.91. The maximum absolute atomic E-state index is 13.1. The molecule has 0 aliphatic rings. The third-order valence-corrected chi connectivity index (χ3v) is 3.58. The van der Waals surface area contributed by atoms with E-state index < -0.39 is 12.0 Å². The van der Waals surface area contributed by atoms with Crippen LogP contribution in [0.1, 0.15) is 11.1 Å². The van der Waals surface area contributed by atoms with Crippen LogP contribution >= 0.6 is 12.2 Å². The zero-order chi connectivity index (χ0) is 20.2. The van der Waals surface area contributed by atoms with Crippen molar-refractivity contribution in [3.8, 4) is 0 Å². The summed E-state index contributed by atoms with van der Waals surface area (Å²) in [6.45, 7) is 7.80. The number of carbonyl (C=O) groups excluding carboxylic acids is 1. The van der Waals surface area contributed by atoms with Crippen molar-refractivity contribution < 1.29 is 28.0 Å². The average Bonchev–Trinajstić information content (AvgIpc) is 2.65. The Morgan fingerprint density at radius 2 is 1.81 bits per heavy atom. The number of esters is 1. The molecule has 2 rings (SSSR count). The number of fused-ring (bicyclic) bond motifs is 1. The number of halogens is 2. The highest BCUT2D eigenvalue weighted by Crippen LogP contribution is 2.23. The van der Waals surface area contributed by atoms with Crippen LogP contribution < -0.4 is 4.72 Å². The maximum atomic E-state index is 13.1. The minimum absolute atomic E-state index is 0.167. The zero-order valence-corrected chi connectivity index (χ0v) is 15.5. The van der Waals surface area contributed by atoms with E-state index in [1.54, 1.807) is 0 Å². The smallest absolute Gasteiger partial charge is 0.409 e. The van der Waals surface area contributed by atoms with E-state index in [2.05, 4.69) is 17.9 Å². The van der Waals surface area contributed by atoms with E-state index >= 15 is 0 Å². The van der Waals surface area contributed by atoms with Gasteiger partial charge in [-0.05, 0) is 28.8 Å². The SMILES string of the molecule is C=C.CO.Cc1cccc2cccc(CCOC(=O)C(F)(F)NSO)c12. The van der Waals surface area contributed by atoms with Crippen LogP contribution in [-0.4, -0.2) is 35.4 Å². The van der Waals surface area contributed by atoms with E-state index in [0.29, 0.717) is 6.42 Å². The van der Waals surface area contributed by atoms with Crippen LogP contribution in [0.4, 0.5) is 8.78 Å². The number of aryl methyl sites for hydroxylation is 1. The van der Waals surface area contributed by atoms with E-state index in [1.165, 1.54) is 4.72 Å². The van der Waals surface area contributed by atoms with Gasteiger partial charge in [0.1, 0.15) is 0 Å². The molecule has 144 valence electrons. The molecule has 0 unspecified atom stereocenters. The molecule has 5 nitrogen and oxygen atoms in total. The molecule has 0 bridgehead atoms. The summed E-state index contributed by atoms with van der Waals surface area (Å²) in [6, 6.07) is 7.67. The number of carbonyl (C=O) groups is 1. The molecule has 0 amide bonds. The molecule has 0 saturated heterocycles. The van der Waals surface area contributed by atoms with Gasteiger partial charge in [0, 0.05) is 13.5 Å². The molecule has 0 spiro atoms. The lowest BCUT2D eigenvalue weighted by Crippen LogP contribution is -2.41. The molecular formula is C18H23F2NO4S. The van der Waals surface area contributed by atoms with Gasteiger partial charge in [-0.15, -0.1) is 13.2 Å². The first kappa shape index (κ1) is 24.0. The first-order chi connectivity index (χ1) is 12.5. The van der Waals surface area contributed by atoms with Crippen molar-refractivity contribution >= 4 is 29.0 Å². The van der Waals surface area contributed by atoms with Gasteiger partial charge in [0.25, 0.3) is 0 Å². The standard InChI is InChI=1S/C15H15F2NO3S.C2H4.CH4O/c1-10-4-2-5-11-6-3-7-12(13(10)11)8-9-21-14(19)15(16,17)18-22-20;2*1-2/h2-7,18,20H,8-9H2,1H3;1-2H2;2H,1H3. The molecule has 0 aliphatic carbocycles. The maximum Gasteiger partial charge on any atom is 0.409 e. The molecule has 0 saturated carbocycles. The summed E-state index contributed by atoms with van der Waals surface area (Å²) < 4.78 is 40.4. The van der Waals surface area contributed by atoms with Crippen molar-refractivity contribution in [2.24, 2.45) is 0 Å². The minimum atomic E-state index is -3.92. The van der Waals surface area contributed by atoms with Crippen molar-refractivity contribution in [3.63, 3.8) is 0 Å². The van der Waals surface area contributed by atoms with Gasteiger partial charge in [0.2, 0.25) is 0 Å². The quantitative estimate of drug-likeness (QED) is 0.229. The molecule has 2 aromatic carbocycles. The van der Waals surface area contributed by atoms with Gasteiger partial charge in [0.05, 0.1) is 18.8 Å². The van der Waals surface area contributed by atoms with Crippen LogP contribution in [0.25, 0.3) is 10.8 Å². The summed E-state index contributed by atoms with van der Waals surface area (Å²) >= 11 is -0.330. The van der Waals surface area contributed by atoms with Gasteiger partial charge >= 0.3 is 12.0 Å². The van der Waals surface area contributed by atoms with Crippen LogP contribution in [0.2, 0.25) is 0 Å². The Morgan fingerprint density at radius 3 is 2.38 bits per heavy atom. The van der Waals surface area contributed by atoms with Gasteiger partial charge in [-0.2, -0.15) is 13.5 Å². The fraction of sp³-hybridized carbons (Fsp3) is 0.278. The second kappa shape index (κ2) is 12.4. The number of rotatable bonds is 6. The van der Waals surface area contributed by atoms with Crippen LogP contribution in [-0.2, 0) is 16.0 Å². The van der Waals surface area contributed by atoms with Crippen LogP contribution in [0.15, 0.2) is 49.6 Å². The van der Waals surface area contributed by atoms with Gasteiger partial charge in [-0.1, -0.05) is 36.4 Å². The molecule has 0 aromatic heterocycles. The fourth-order valence-corrected chi connectivity index (χ4v) is 2.47. The van der Waals surface area contributed by atoms with Crippen molar-refractivity contribution in [2.75, 3.05) is 13.7 Å². The Balaban J connectivity index is 0.00000146. The number of hydrogen-bond donors (Lipinski definition) is 3. The van der Waals surface area contributed by atoms with Crippen LogP contribution in [0.5, 0.6) is 0 Å². The Bertz CT molecular complexity index is 693.